The maximum absolute atomic E-state index is 12.4. The van der Waals surface area contributed by atoms with Gasteiger partial charge in [0.1, 0.15) is 6.54 Å². The van der Waals surface area contributed by atoms with Crippen molar-refractivity contribution in [1.29, 1.82) is 0 Å². The lowest BCUT2D eigenvalue weighted by molar-refractivity contribution is -0.117. The first-order valence-corrected chi connectivity index (χ1v) is 9.80. The molecule has 0 aliphatic heterocycles. The standard InChI is InChI=1S/C23H26N4O2/c1-4-26(5-2)20-12-10-19(11-13-20)24-22(28)16-27-23(29)15-14-21(25-27)18-8-6-17(3)7-9-18/h6-15H,4-5,16H2,1-3H3,(H,24,28). The molecule has 0 unspecified atom stereocenters. The third-order valence-corrected chi connectivity index (χ3v) is 4.79. The van der Waals surface area contributed by atoms with E-state index in [1.807, 2.05) is 55.5 Å². The van der Waals surface area contributed by atoms with E-state index in [9.17, 15) is 9.59 Å². The minimum absolute atomic E-state index is 0.143. The summed E-state index contributed by atoms with van der Waals surface area (Å²) in [7, 11) is 0. The normalized spacial score (nSPS) is 10.6. The molecule has 6 heteroatoms. The largest absolute Gasteiger partial charge is 0.372 e. The number of rotatable bonds is 7. The minimum Gasteiger partial charge on any atom is -0.372 e. The van der Waals surface area contributed by atoms with Crippen LogP contribution >= 0.6 is 0 Å². The van der Waals surface area contributed by atoms with Crippen LogP contribution in [0.5, 0.6) is 0 Å². The number of carbonyl (C=O) groups excluding carboxylic acids is 1. The molecule has 1 amide bonds. The summed E-state index contributed by atoms with van der Waals surface area (Å²) < 4.78 is 1.19. The molecule has 1 aromatic heterocycles. The molecular weight excluding hydrogens is 364 g/mol. The van der Waals surface area contributed by atoms with Crippen LogP contribution in [-0.2, 0) is 11.3 Å². The molecular formula is C23H26N4O2. The molecule has 0 aliphatic rings. The van der Waals surface area contributed by atoms with Crippen molar-refractivity contribution in [2.75, 3.05) is 23.3 Å². The van der Waals surface area contributed by atoms with E-state index in [2.05, 4.69) is 29.2 Å². The second kappa shape index (κ2) is 9.19. The van der Waals surface area contributed by atoms with E-state index in [1.165, 1.54) is 10.7 Å². The van der Waals surface area contributed by atoms with Gasteiger partial charge in [0.25, 0.3) is 5.56 Å². The fourth-order valence-corrected chi connectivity index (χ4v) is 3.12. The van der Waals surface area contributed by atoms with Gasteiger partial charge in [-0.25, -0.2) is 4.68 Å². The van der Waals surface area contributed by atoms with Crippen molar-refractivity contribution in [3.8, 4) is 11.3 Å². The Morgan fingerprint density at radius 3 is 2.24 bits per heavy atom. The summed E-state index contributed by atoms with van der Waals surface area (Å²) in [6.07, 6.45) is 0. The molecule has 3 aromatic rings. The van der Waals surface area contributed by atoms with Crippen LogP contribution in [0.4, 0.5) is 11.4 Å². The van der Waals surface area contributed by atoms with Crippen LogP contribution in [0.15, 0.2) is 65.5 Å². The first-order chi connectivity index (χ1) is 14.0. The number of hydrogen-bond acceptors (Lipinski definition) is 4. The monoisotopic (exact) mass is 390 g/mol. The average Bonchev–Trinajstić information content (AvgIpc) is 2.72. The highest BCUT2D eigenvalue weighted by atomic mass is 16.2. The number of amides is 1. The molecule has 1 heterocycles. The molecule has 2 aromatic carbocycles. The topological polar surface area (TPSA) is 67.2 Å². The van der Waals surface area contributed by atoms with Gasteiger partial charge in [-0.05, 0) is 51.1 Å². The number of aromatic nitrogens is 2. The fourth-order valence-electron chi connectivity index (χ4n) is 3.12. The van der Waals surface area contributed by atoms with Gasteiger partial charge in [0.2, 0.25) is 5.91 Å². The number of hydrogen-bond donors (Lipinski definition) is 1. The van der Waals surface area contributed by atoms with E-state index in [0.717, 1.165) is 29.9 Å². The highest BCUT2D eigenvalue weighted by Gasteiger charge is 2.09. The number of aryl methyl sites for hydroxylation is 1. The van der Waals surface area contributed by atoms with Crippen molar-refractivity contribution in [2.24, 2.45) is 0 Å². The smallest absolute Gasteiger partial charge is 0.267 e. The molecule has 150 valence electrons. The second-order valence-electron chi connectivity index (χ2n) is 6.85. The number of carbonyl (C=O) groups is 1. The third kappa shape index (κ3) is 5.10. The maximum Gasteiger partial charge on any atom is 0.267 e. The molecule has 0 aliphatic carbocycles. The van der Waals surface area contributed by atoms with Crippen LogP contribution in [-0.4, -0.2) is 28.8 Å². The SMILES string of the molecule is CCN(CC)c1ccc(NC(=O)Cn2nc(-c3ccc(C)cc3)ccc2=O)cc1. The lowest BCUT2D eigenvalue weighted by Crippen LogP contribution is -2.29. The third-order valence-electron chi connectivity index (χ3n) is 4.79. The van der Waals surface area contributed by atoms with Gasteiger partial charge in [-0.1, -0.05) is 29.8 Å². The molecule has 0 fully saturated rings. The summed E-state index contributed by atoms with van der Waals surface area (Å²) in [5.41, 5.74) is 4.18. The van der Waals surface area contributed by atoms with Gasteiger partial charge < -0.3 is 10.2 Å². The first kappa shape index (κ1) is 20.3. The van der Waals surface area contributed by atoms with E-state index in [0.29, 0.717) is 11.4 Å². The predicted octanol–water partition coefficient (Wildman–Crippen LogP) is 3.70. The molecule has 0 saturated carbocycles. The molecule has 1 N–H and O–H groups in total. The van der Waals surface area contributed by atoms with Crippen LogP contribution in [0.3, 0.4) is 0 Å². The highest BCUT2D eigenvalue weighted by molar-refractivity contribution is 5.90. The summed E-state index contributed by atoms with van der Waals surface area (Å²) in [5, 5.41) is 7.18. The summed E-state index contributed by atoms with van der Waals surface area (Å²) in [4.78, 5) is 26.8. The van der Waals surface area contributed by atoms with E-state index in [1.54, 1.807) is 6.07 Å². The molecule has 6 nitrogen and oxygen atoms in total. The number of nitrogens with one attached hydrogen (secondary N) is 1. The number of benzene rings is 2. The second-order valence-corrected chi connectivity index (χ2v) is 6.85. The Labute approximate surface area is 170 Å². The lowest BCUT2D eigenvalue weighted by atomic mass is 10.1. The molecule has 0 bridgehead atoms. The summed E-state index contributed by atoms with van der Waals surface area (Å²) in [6, 6.07) is 18.7. The van der Waals surface area contributed by atoms with E-state index >= 15 is 0 Å². The van der Waals surface area contributed by atoms with Crippen molar-refractivity contribution in [2.45, 2.75) is 27.3 Å². The lowest BCUT2D eigenvalue weighted by Gasteiger charge is -2.21. The molecule has 0 atom stereocenters. The highest BCUT2D eigenvalue weighted by Crippen LogP contribution is 2.18. The summed E-state index contributed by atoms with van der Waals surface area (Å²) in [6.45, 7) is 7.93. The van der Waals surface area contributed by atoms with Crippen molar-refractivity contribution in [1.82, 2.24) is 9.78 Å². The molecule has 3 rings (SSSR count). The van der Waals surface area contributed by atoms with Crippen molar-refractivity contribution < 1.29 is 4.79 Å². The Bertz CT molecular complexity index is 1020. The number of anilines is 2. The fraction of sp³-hybridized carbons (Fsp3) is 0.261. The van der Waals surface area contributed by atoms with E-state index in [4.69, 9.17) is 0 Å². The molecule has 0 spiro atoms. The maximum atomic E-state index is 12.4. The van der Waals surface area contributed by atoms with Crippen LogP contribution in [0.1, 0.15) is 19.4 Å². The van der Waals surface area contributed by atoms with Gasteiger partial charge in [-0.2, -0.15) is 5.10 Å². The Balaban J connectivity index is 1.71. The van der Waals surface area contributed by atoms with Crippen LogP contribution in [0.2, 0.25) is 0 Å². The van der Waals surface area contributed by atoms with E-state index < -0.39 is 0 Å². The zero-order valence-corrected chi connectivity index (χ0v) is 17.1. The van der Waals surface area contributed by atoms with Crippen LogP contribution in [0, 0.1) is 6.92 Å². The predicted molar refractivity (Wildman–Crippen MR) is 117 cm³/mol. The quantitative estimate of drug-likeness (QED) is 0.668. The Morgan fingerprint density at radius 1 is 0.966 bits per heavy atom. The van der Waals surface area contributed by atoms with Crippen molar-refractivity contribution in [3.05, 3.63) is 76.6 Å². The van der Waals surface area contributed by atoms with Gasteiger partial charge in [0.15, 0.2) is 0 Å². The summed E-state index contributed by atoms with van der Waals surface area (Å²) in [5.74, 6) is -0.295. The summed E-state index contributed by atoms with van der Waals surface area (Å²) >= 11 is 0. The zero-order valence-electron chi connectivity index (χ0n) is 17.1. The molecule has 0 saturated heterocycles. The van der Waals surface area contributed by atoms with Gasteiger partial charge in [0, 0.05) is 36.1 Å². The Kier molecular flexibility index (Phi) is 6.44. The zero-order chi connectivity index (χ0) is 20.8. The van der Waals surface area contributed by atoms with Gasteiger partial charge in [-0.15, -0.1) is 0 Å². The average molecular weight is 390 g/mol. The Morgan fingerprint density at radius 2 is 1.62 bits per heavy atom. The molecule has 0 radical (unpaired) electrons. The Hall–Kier alpha value is -3.41. The van der Waals surface area contributed by atoms with E-state index in [-0.39, 0.29) is 18.0 Å². The molecule has 29 heavy (non-hydrogen) atoms. The first-order valence-electron chi connectivity index (χ1n) is 9.80. The van der Waals surface area contributed by atoms with Crippen molar-refractivity contribution in [3.63, 3.8) is 0 Å². The minimum atomic E-state index is -0.312. The van der Waals surface area contributed by atoms with Crippen molar-refractivity contribution >= 4 is 17.3 Å². The van der Waals surface area contributed by atoms with Crippen LogP contribution < -0.4 is 15.8 Å². The van der Waals surface area contributed by atoms with Gasteiger partial charge >= 0.3 is 0 Å². The number of nitrogens with zero attached hydrogens (tertiary/aromatic N) is 3. The van der Waals surface area contributed by atoms with Crippen LogP contribution in [0.25, 0.3) is 11.3 Å². The van der Waals surface area contributed by atoms with Gasteiger partial charge in [0.05, 0.1) is 5.69 Å². The van der Waals surface area contributed by atoms with Gasteiger partial charge in [-0.3, -0.25) is 9.59 Å².